The van der Waals surface area contributed by atoms with Crippen LogP contribution in [0, 0.1) is 0 Å². The molecule has 0 radical (unpaired) electrons. The number of aliphatic hydroxyl groups is 1. The fourth-order valence-electron chi connectivity index (χ4n) is 3.56. The third-order valence-electron chi connectivity index (χ3n) is 5.09. The molecular formula is C23H14Cl4N2O3. The standard InChI is InChI=1S/C23H14Cl4N2O3/c24-15-3-1-13(9-17(15)26)20-19(21(30)14-2-4-16(25)18(27)10-14)22(31)23(32)29(20)11-12-5-7-28-8-6-12/h1-10,20,30H,11H2/b21-19-. The fourth-order valence-corrected chi connectivity index (χ4v) is 4.16. The van der Waals surface area contributed by atoms with Crippen LogP contribution in [0.3, 0.4) is 0 Å². The first-order chi connectivity index (χ1) is 15.3. The number of halogens is 4. The van der Waals surface area contributed by atoms with Gasteiger partial charge in [0.25, 0.3) is 11.7 Å². The van der Waals surface area contributed by atoms with E-state index in [4.69, 9.17) is 46.4 Å². The van der Waals surface area contributed by atoms with E-state index >= 15 is 0 Å². The van der Waals surface area contributed by atoms with Crippen molar-refractivity contribution in [2.75, 3.05) is 0 Å². The van der Waals surface area contributed by atoms with Crippen LogP contribution in [-0.4, -0.2) is 26.7 Å². The van der Waals surface area contributed by atoms with Crippen molar-refractivity contribution in [1.82, 2.24) is 9.88 Å². The van der Waals surface area contributed by atoms with E-state index in [-0.39, 0.29) is 33.5 Å². The Morgan fingerprint density at radius 1 is 0.875 bits per heavy atom. The molecule has 0 saturated carbocycles. The summed E-state index contributed by atoms with van der Waals surface area (Å²) in [4.78, 5) is 31.4. The number of likely N-dealkylation sites (tertiary alicyclic amines) is 1. The molecule has 5 nitrogen and oxygen atoms in total. The summed E-state index contributed by atoms with van der Waals surface area (Å²) in [7, 11) is 0. The van der Waals surface area contributed by atoms with Gasteiger partial charge in [-0.2, -0.15) is 0 Å². The molecule has 1 atom stereocenters. The molecule has 1 saturated heterocycles. The number of hydrogen-bond acceptors (Lipinski definition) is 4. The molecular weight excluding hydrogens is 494 g/mol. The zero-order chi connectivity index (χ0) is 23.0. The van der Waals surface area contributed by atoms with Crippen LogP contribution in [0.2, 0.25) is 20.1 Å². The molecule has 2 heterocycles. The van der Waals surface area contributed by atoms with E-state index in [0.29, 0.717) is 15.6 Å². The Morgan fingerprint density at radius 3 is 2.12 bits per heavy atom. The average molecular weight is 508 g/mol. The number of aliphatic hydroxyl groups excluding tert-OH is 1. The van der Waals surface area contributed by atoms with E-state index in [9.17, 15) is 14.7 Å². The quantitative estimate of drug-likeness (QED) is 0.255. The minimum atomic E-state index is -0.896. The number of ketones is 1. The maximum Gasteiger partial charge on any atom is 0.295 e. The average Bonchev–Trinajstić information content (AvgIpc) is 3.02. The Hall–Kier alpha value is -2.57. The van der Waals surface area contributed by atoms with Crippen LogP contribution in [0.15, 0.2) is 66.5 Å². The lowest BCUT2D eigenvalue weighted by atomic mass is 9.95. The predicted octanol–water partition coefficient (Wildman–Crippen LogP) is 6.32. The van der Waals surface area contributed by atoms with Crippen LogP contribution in [0.5, 0.6) is 0 Å². The summed E-state index contributed by atoms with van der Waals surface area (Å²) in [6.45, 7) is 0.121. The molecule has 1 amide bonds. The summed E-state index contributed by atoms with van der Waals surface area (Å²) in [5.74, 6) is -1.94. The molecule has 32 heavy (non-hydrogen) atoms. The summed E-state index contributed by atoms with van der Waals surface area (Å²) in [6, 6.07) is 11.8. The summed E-state index contributed by atoms with van der Waals surface area (Å²) in [6.07, 6.45) is 3.19. The van der Waals surface area contributed by atoms with Gasteiger partial charge in [-0.3, -0.25) is 14.6 Å². The van der Waals surface area contributed by atoms with Crippen molar-refractivity contribution in [1.29, 1.82) is 0 Å². The Bertz CT molecular complexity index is 1260. The highest BCUT2D eigenvalue weighted by Gasteiger charge is 2.46. The van der Waals surface area contributed by atoms with Crippen molar-refractivity contribution in [3.63, 3.8) is 0 Å². The monoisotopic (exact) mass is 506 g/mol. The molecule has 2 aromatic carbocycles. The lowest BCUT2D eigenvalue weighted by Gasteiger charge is -2.25. The molecule has 1 unspecified atom stereocenters. The van der Waals surface area contributed by atoms with Crippen molar-refractivity contribution >= 4 is 63.9 Å². The molecule has 0 aliphatic carbocycles. The molecule has 4 rings (SSSR count). The number of hydrogen-bond donors (Lipinski definition) is 1. The number of rotatable bonds is 4. The second-order valence-electron chi connectivity index (χ2n) is 7.08. The molecule has 0 bridgehead atoms. The van der Waals surface area contributed by atoms with E-state index in [1.807, 2.05) is 0 Å². The lowest BCUT2D eigenvalue weighted by Crippen LogP contribution is -2.29. The number of amides is 1. The van der Waals surface area contributed by atoms with Crippen LogP contribution in [-0.2, 0) is 16.1 Å². The highest BCUT2D eigenvalue weighted by molar-refractivity contribution is 6.47. The Morgan fingerprint density at radius 2 is 1.50 bits per heavy atom. The second kappa shape index (κ2) is 9.12. The minimum Gasteiger partial charge on any atom is -0.507 e. The number of aromatic nitrogens is 1. The van der Waals surface area contributed by atoms with Gasteiger partial charge in [0.15, 0.2) is 0 Å². The maximum absolute atomic E-state index is 13.1. The Labute approximate surface area is 203 Å². The second-order valence-corrected chi connectivity index (χ2v) is 8.71. The number of carbonyl (C=O) groups is 2. The first-order valence-electron chi connectivity index (χ1n) is 9.35. The Kier molecular flexibility index (Phi) is 6.45. The van der Waals surface area contributed by atoms with Gasteiger partial charge in [0, 0.05) is 24.5 Å². The first kappa shape index (κ1) is 22.6. The number of pyridine rings is 1. The van der Waals surface area contributed by atoms with Crippen LogP contribution in [0.4, 0.5) is 0 Å². The molecule has 1 aromatic heterocycles. The highest BCUT2D eigenvalue weighted by Crippen LogP contribution is 2.42. The third-order valence-corrected chi connectivity index (χ3v) is 6.57. The molecule has 1 fully saturated rings. The first-order valence-corrected chi connectivity index (χ1v) is 10.9. The van der Waals surface area contributed by atoms with Gasteiger partial charge in [0.1, 0.15) is 5.76 Å². The third kappa shape index (κ3) is 4.21. The lowest BCUT2D eigenvalue weighted by molar-refractivity contribution is -0.140. The molecule has 9 heteroatoms. The van der Waals surface area contributed by atoms with E-state index in [2.05, 4.69) is 4.98 Å². The van der Waals surface area contributed by atoms with Gasteiger partial charge < -0.3 is 10.0 Å². The number of Topliss-reactive ketones (excluding diaryl/α,β-unsaturated/α-hetero) is 1. The predicted molar refractivity (Wildman–Crippen MR) is 125 cm³/mol. The van der Waals surface area contributed by atoms with Crippen molar-refractivity contribution in [3.8, 4) is 0 Å². The largest absolute Gasteiger partial charge is 0.507 e. The van der Waals surface area contributed by atoms with Crippen LogP contribution >= 0.6 is 46.4 Å². The van der Waals surface area contributed by atoms with Crippen molar-refractivity contribution in [2.45, 2.75) is 12.6 Å². The smallest absolute Gasteiger partial charge is 0.295 e. The topological polar surface area (TPSA) is 70.5 Å². The van der Waals surface area contributed by atoms with E-state index in [0.717, 1.165) is 5.56 Å². The molecule has 1 aliphatic rings. The summed E-state index contributed by atoms with van der Waals surface area (Å²) >= 11 is 24.3. The number of benzene rings is 2. The zero-order valence-electron chi connectivity index (χ0n) is 16.2. The Balaban J connectivity index is 1.90. The van der Waals surface area contributed by atoms with Gasteiger partial charge in [-0.05, 0) is 53.6 Å². The maximum atomic E-state index is 13.1. The van der Waals surface area contributed by atoms with E-state index < -0.39 is 17.7 Å². The summed E-state index contributed by atoms with van der Waals surface area (Å²) in [5.41, 5.74) is 1.46. The van der Waals surface area contributed by atoms with Gasteiger partial charge >= 0.3 is 0 Å². The molecule has 162 valence electrons. The summed E-state index contributed by atoms with van der Waals surface area (Å²) in [5, 5.41) is 12.2. The van der Waals surface area contributed by atoms with Gasteiger partial charge in [-0.15, -0.1) is 0 Å². The van der Waals surface area contributed by atoms with Gasteiger partial charge in [0.2, 0.25) is 0 Å². The minimum absolute atomic E-state index is 0.0826. The van der Waals surface area contributed by atoms with Crippen LogP contribution < -0.4 is 0 Å². The SMILES string of the molecule is O=C1C(=O)N(Cc2ccncc2)C(c2ccc(Cl)c(Cl)c2)/C1=C(/O)c1ccc(Cl)c(Cl)c1. The van der Waals surface area contributed by atoms with Crippen molar-refractivity contribution in [3.05, 3.63) is 103 Å². The van der Waals surface area contributed by atoms with Gasteiger partial charge in [-0.25, -0.2) is 0 Å². The number of carbonyl (C=O) groups excluding carboxylic acids is 2. The summed E-state index contributed by atoms with van der Waals surface area (Å²) < 4.78 is 0. The number of nitrogens with zero attached hydrogens (tertiary/aromatic N) is 2. The highest BCUT2D eigenvalue weighted by atomic mass is 35.5. The van der Waals surface area contributed by atoms with Gasteiger partial charge in [0.05, 0.1) is 31.7 Å². The molecule has 0 spiro atoms. The fraction of sp³-hybridized carbons (Fsp3) is 0.0870. The van der Waals surface area contributed by atoms with E-state index in [1.165, 1.54) is 23.1 Å². The van der Waals surface area contributed by atoms with Gasteiger partial charge in [-0.1, -0.05) is 52.5 Å². The van der Waals surface area contributed by atoms with Crippen molar-refractivity contribution in [2.24, 2.45) is 0 Å². The molecule has 1 N–H and O–H groups in total. The normalized spacial score (nSPS) is 17.8. The van der Waals surface area contributed by atoms with E-state index in [1.54, 1.807) is 42.7 Å². The van der Waals surface area contributed by atoms with Crippen molar-refractivity contribution < 1.29 is 14.7 Å². The van der Waals surface area contributed by atoms with Crippen LogP contribution in [0.25, 0.3) is 5.76 Å². The zero-order valence-corrected chi connectivity index (χ0v) is 19.3. The molecule has 1 aliphatic heterocycles. The molecule has 3 aromatic rings. The van der Waals surface area contributed by atoms with Crippen LogP contribution in [0.1, 0.15) is 22.7 Å².